The van der Waals surface area contributed by atoms with Crippen LogP contribution < -0.4 is 10.9 Å². The molecule has 4 rings (SSSR count). The molecule has 0 unspecified atom stereocenters. The van der Waals surface area contributed by atoms with Crippen LogP contribution in [-0.4, -0.2) is 5.91 Å². The van der Waals surface area contributed by atoms with Crippen molar-refractivity contribution in [1.29, 1.82) is 0 Å². The zero-order valence-electron chi connectivity index (χ0n) is 14.7. The Morgan fingerprint density at radius 3 is 2.37 bits per heavy atom. The summed E-state index contributed by atoms with van der Waals surface area (Å²) >= 11 is 0. The summed E-state index contributed by atoms with van der Waals surface area (Å²) < 4.78 is 5.43. The Balaban J connectivity index is 1.67. The van der Waals surface area contributed by atoms with Crippen LogP contribution in [0.3, 0.4) is 0 Å². The molecule has 132 valence electrons. The van der Waals surface area contributed by atoms with Crippen molar-refractivity contribution in [3.63, 3.8) is 0 Å². The van der Waals surface area contributed by atoms with Gasteiger partial charge >= 0.3 is 5.63 Å². The summed E-state index contributed by atoms with van der Waals surface area (Å²) in [6, 6.07) is 23.8. The van der Waals surface area contributed by atoms with Gasteiger partial charge in [-0.15, -0.1) is 0 Å². The fourth-order valence-electron chi connectivity index (χ4n) is 3.09. The van der Waals surface area contributed by atoms with Gasteiger partial charge in [-0.2, -0.15) is 0 Å². The smallest absolute Gasteiger partial charge is 0.344 e. The Morgan fingerprint density at radius 1 is 0.852 bits per heavy atom. The molecule has 0 spiro atoms. The minimum absolute atomic E-state index is 0.173. The number of aryl methyl sites for hydroxylation is 1. The number of hydrogen-bond donors (Lipinski definition) is 1. The molecule has 0 saturated heterocycles. The minimum atomic E-state index is -0.377. The number of hydrogen-bond acceptors (Lipinski definition) is 3. The second kappa shape index (κ2) is 6.92. The molecule has 0 aliphatic rings. The van der Waals surface area contributed by atoms with Crippen LogP contribution >= 0.6 is 0 Å². The average Bonchev–Trinajstić information content (AvgIpc) is 2.68. The van der Waals surface area contributed by atoms with Crippen LogP contribution in [0.25, 0.3) is 22.1 Å². The van der Waals surface area contributed by atoms with E-state index in [0.29, 0.717) is 22.4 Å². The van der Waals surface area contributed by atoms with E-state index in [1.165, 1.54) is 0 Å². The standard InChI is InChI=1S/C23H17NO3/c1-15-13-18(24-22(25)16-7-3-2-4-8-16)11-12-19(15)20-14-17-9-5-6-10-21(17)27-23(20)26/h2-14H,1H3,(H,24,25). The summed E-state index contributed by atoms with van der Waals surface area (Å²) in [7, 11) is 0. The molecule has 27 heavy (non-hydrogen) atoms. The Bertz CT molecular complexity index is 1190. The van der Waals surface area contributed by atoms with E-state index in [0.717, 1.165) is 16.5 Å². The van der Waals surface area contributed by atoms with E-state index < -0.39 is 0 Å². The maximum Gasteiger partial charge on any atom is 0.344 e. The number of carbonyl (C=O) groups is 1. The molecule has 0 atom stereocenters. The quantitative estimate of drug-likeness (QED) is 0.525. The molecule has 0 aliphatic heterocycles. The second-order valence-corrected chi connectivity index (χ2v) is 6.34. The average molecular weight is 355 g/mol. The number of para-hydroxylation sites is 1. The Labute approximate surface area is 156 Å². The fourth-order valence-corrected chi connectivity index (χ4v) is 3.09. The molecule has 1 heterocycles. The van der Waals surface area contributed by atoms with Gasteiger partial charge in [0.05, 0.1) is 5.56 Å². The highest BCUT2D eigenvalue weighted by atomic mass is 16.4. The first-order chi connectivity index (χ1) is 13.1. The van der Waals surface area contributed by atoms with Crippen molar-refractivity contribution in [1.82, 2.24) is 0 Å². The number of amides is 1. The summed E-state index contributed by atoms with van der Waals surface area (Å²) in [4.78, 5) is 24.7. The lowest BCUT2D eigenvalue weighted by atomic mass is 10.0. The molecule has 0 fully saturated rings. The molecule has 0 bridgehead atoms. The third-order valence-electron chi connectivity index (χ3n) is 4.45. The van der Waals surface area contributed by atoms with Crippen LogP contribution in [-0.2, 0) is 0 Å². The number of rotatable bonds is 3. The van der Waals surface area contributed by atoms with Crippen molar-refractivity contribution in [2.75, 3.05) is 5.32 Å². The van der Waals surface area contributed by atoms with Gasteiger partial charge in [0.15, 0.2) is 0 Å². The van der Waals surface area contributed by atoms with Gasteiger partial charge in [-0.3, -0.25) is 4.79 Å². The lowest BCUT2D eigenvalue weighted by Crippen LogP contribution is -2.12. The first-order valence-corrected chi connectivity index (χ1v) is 8.62. The third kappa shape index (κ3) is 3.37. The first kappa shape index (κ1) is 16.8. The monoisotopic (exact) mass is 355 g/mol. The highest BCUT2D eigenvalue weighted by Crippen LogP contribution is 2.26. The van der Waals surface area contributed by atoms with Gasteiger partial charge in [-0.1, -0.05) is 42.5 Å². The van der Waals surface area contributed by atoms with Crippen molar-refractivity contribution in [2.45, 2.75) is 6.92 Å². The van der Waals surface area contributed by atoms with Gasteiger partial charge in [-0.25, -0.2) is 4.79 Å². The van der Waals surface area contributed by atoms with Crippen LogP contribution in [0.4, 0.5) is 5.69 Å². The van der Waals surface area contributed by atoms with Crippen LogP contribution in [0, 0.1) is 6.92 Å². The van der Waals surface area contributed by atoms with Gasteiger partial charge in [0, 0.05) is 16.6 Å². The Kier molecular flexibility index (Phi) is 4.30. The molecule has 0 saturated carbocycles. The van der Waals surface area contributed by atoms with Crippen LogP contribution in [0.5, 0.6) is 0 Å². The van der Waals surface area contributed by atoms with E-state index in [1.807, 2.05) is 61.5 Å². The van der Waals surface area contributed by atoms with Gasteiger partial charge < -0.3 is 9.73 Å². The fraction of sp³-hybridized carbons (Fsp3) is 0.0435. The molecule has 3 aromatic carbocycles. The van der Waals surface area contributed by atoms with E-state index in [-0.39, 0.29) is 11.5 Å². The van der Waals surface area contributed by atoms with Crippen molar-refractivity contribution < 1.29 is 9.21 Å². The zero-order valence-corrected chi connectivity index (χ0v) is 14.7. The molecule has 1 aromatic heterocycles. The number of benzene rings is 3. The number of anilines is 1. The molecule has 0 radical (unpaired) electrons. The van der Waals surface area contributed by atoms with Crippen LogP contribution in [0.1, 0.15) is 15.9 Å². The summed E-state index contributed by atoms with van der Waals surface area (Å²) in [5.41, 5.74) is 3.63. The summed E-state index contributed by atoms with van der Waals surface area (Å²) in [5, 5.41) is 3.75. The predicted molar refractivity (Wildman–Crippen MR) is 107 cm³/mol. The Hall–Kier alpha value is -3.66. The van der Waals surface area contributed by atoms with E-state index >= 15 is 0 Å². The van der Waals surface area contributed by atoms with Gasteiger partial charge in [0.25, 0.3) is 5.91 Å². The third-order valence-corrected chi connectivity index (χ3v) is 4.45. The maximum absolute atomic E-state index is 12.4. The normalized spacial score (nSPS) is 10.7. The highest BCUT2D eigenvalue weighted by Gasteiger charge is 2.12. The zero-order chi connectivity index (χ0) is 18.8. The van der Waals surface area contributed by atoms with Gasteiger partial charge in [0.2, 0.25) is 0 Å². The molecule has 0 aliphatic carbocycles. The Morgan fingerprint density at radius 2 is 1.59 bits per heavy atom. The number of nitrogens with one attached hydrogen (secondary N) is 1. The van der Waals surface area contributed by atoms with Crippen LogP contribution in [0.15, 0.2) is 88.1 Å². The van der Waals surface area contributed by atoms with Crippen molar-refractivity contribution in [3.8, 4) is 11.1 Å². The molecular formula is C23H17NO3. The molecule has 1 amide bonds. The topological polar surface area (TPSA) is 59.3 Å². The second-order valence-electron chi connectivity index (χ2n) is 6.34. The molecule has 4 aromatic rings. The summed E-state index contributed by atoms with van der Waals surface area (Å²) in [6.45, 7) is 1.90. The number of carbonyl (C=O) groups excluding carboxylic acids is 1. The van der Waals surface area contributed by atoms with E-state index in [2.05, 4.69) is 5.32 Å². The van der Waals surface area contributed by atoms with E-state index in [4.69, 9.17) is 4.42 Å². The van der Waals surface area contributed by atoms with Gasteiger partial charge in [0.1, 0.15) is 5.58 Å². The van der Waals surface area contributed by atoms with Crippen molar-refractivity contribution >= 4 is 22.6 Å². The van der Waals surface area contributed by atoms with Crippen LogP contribution in [0.2, 0.25) is 0 Å². The minimum Gasteiger partial charge on any atom is -0.422 e. The summed E-state index contributed by atoms with van der Waals surface area (Å²) in [6.07, 6.45) is 0. The molecule has 1 N–H and O–H groups in total. The lowest BCUT2D eigenvalue weighted by molar-refractivity contribution is 0.102. The van der Waals surface area contributed by atoms with Crippen molar-refractivity contribution in [3.05, 3.63) is 100 Å². The van der Waals surface area contributed by atoms with Crippen molar-refractivity contribution in [2.24, 2.45) is 0 Å². The molecular weight excluding hydrogens is 338 g/mol. The highest BCUT2D eigenvalue weighted by molar-refractivity contribution is 6.04. The molecule has 4 nitrogen and oxygen atoms in total. The lowest BCUT2D eigenvalue weighted by Gasteiger charge is -2.10. The maximum atomic E-state index is 12.4. The van der Waals surface area contributed by atoms with Gasteiger partial charge in [-0.05, 0) is 54.4 Å². The number of fused-ring (bicyclic) bond motifs is 1. The SMILES string of the molecule is Cc1cc(NC(=O)c2ccccc2)ccc1-c1cc2ccccc2oc1=O. The summed E-state index contributed by atoms with van der Waals surface area (Å²) in [5.74, 6) is -0.173. The predicted octanol–water partition coefficient (Wildman–Crippen LogP) is 5.02. The molecule has 4 heteroatoms. The van der Waals surface area contributed by atoms with E-state index in [1.54, 1.807) is 24.3 Å². The van der Waals surface area contributed by atoms with E-state index in [9.17, 15) is 9.59 Å². The largest absolute Gasteiger partial charge is 0.422 e. The first-order valence-electron chi connectivity index (χ1n) is 8.62.